The number of morpholine rings is 1. The van der Waals surface area contributed by atoms with Gasteiger partial charge in [-0.25, -0.2) is 0 Å². The lowest BCUT2D eigenvalue weighted by Crippen LogP contribution is -2.58. The molecule has 1 heterocycles. The molecule has 0 amide bonds. The quantitative estimate of drug-likeness (QED) is 0.800. The fraction of sp³-hybridized carbons (Fsp3) is 0.562. The highest BCUT2D eigenvalue weighted by Crippen LogP contribution is 2.28. The fourth-order valence-electron chi connectivity index (χ4n) is 2.99. The van der Waals surface area contributed by atoms with Gasteiger partial charge in [-0.05, 0) is 52.0 Å². The zero-order valence-electron chi connectivity index (χ0n) is 12.6. The molecule has 1 aliphatic rings. The summed E-state index contributed by atoms with van der Waals surface area (Å²) < 4.78 is 6.02. The van der Waals surface area contributed by atoms with Gasteiger partial charge in [0.2, 0.25) is 0 Å². The van der Waals surface area contributed by atoms with E-state index in [1.54, 1.807) is 24.3 Å². The Morgan fingerprint density at radius 1 is 1.15 bits per heavy atom. The van der Waals surface area contributed by atoms with Crippen LogP contribution in [0.25, 0.3) is 0 Å². The van der Waals surface area contributed by atoms with E-state index in [0.717, 1.165) is 13.1 Å². The highest BCUT2D eigenvalue weighted by molar-refractivity contribution is 6.30. The molecule has 110 valence electrons. The third-order valence-corrected chi connectivity index (χ3v) is 3.55. The van der Waals surface area contributed by atoms with Gasteiger partial charge in [-0.2, -0.15) is 0 Å². The van der Waals surface area contributed by atoms with Crippen LogP contribution in [0.4, 0.5) is 0 Å². The first kappa shape index (κ1) is 15.5. The molecule has 2 rings (SSSR count). The Morgan fingerprint density at radius 3 is 2.15 bits per heavy atom. The molecule has 0 atom stereocenters. The molecule has 1 saturated heterocycles. The summed E-state index contributed by atoms with van der Waals surface area (Å²) in [5.74, 6) is 0.121. The maximum absolute atomic E-state index is 12.3. The van der Waals surface area contributed by atoms with Crippen molar-refractivity contribution in [3.63, 3.8) is 0 Å². The van der Waals surface area contributed by atoms with E-state index in [1.165, 1.54) is 0 Å². The van der Waals surface area contributed by atoms with Gasteiger partial charge in [0.1, 0.15) is 0 Å². The van der Waals surface area contributed by atoms with Crippen LogP contribution in [-0.4, -0.2) is 41.5 Å². The number of halogens is 1. The number of rotatable bonds is 3. The summed E-state index contributed by atoms with van der Waals surface area (Å²) in [6.45, 7) is 10.2. The van der Waals surface area contributed by atoms with Crippen molar-refractivity contribution in [1.82, 2.24) is 4.90 Å². The Balaban J connectivity index is 2.05. The van der Waals surface area contributed by atoms with Gasteiger partial charge in [-0.15, -0.1) is 0 Å². The summed E-state index contributed by atoms with van der Waals surface area (Å²) >= 11 is 5.84. The van der Waals surface area contributed by atoms with E-state index in [0.29, 0.717) is 17.1 Å². The zero-order valence-corrected chi connectivity index (χ0v) is 13.3. The van der Waals surface area contributed by atoms with E-state index in [9.17, 15) is 4.79 Å². The smallest absolute Gasteiger partial charge is 0.176 e. The Morgan fingerprint density at radius 2 is 1.65 bits per heavy atom. The minimum atomic E-state index is -0.234. The molecular weight excluding hydrogens is 274 g/mol. The first-order valence-corrected chi connectivity index (χ1v) is 7.26. The number of nitrogens with zero attached hydrogens (tertiary/aromatic N) is 1. The van der Waals surface area contributed by atoms with Crippen molar-refractivity contribution in [2.24, 2.45) is 0 Å². The number of ether oxygens (including phenoxy) is 1. The lowest BCUT2D eigenvalue weighted by atomic mass is 9.98. The Labute approximate surface area is 125 Å². The van der Waals surface area contributed by atoms with Gasteiger partial charge in [-0.1, -0.05) is 11.6 Å². The van der Waals surface area contributed by atoms with Crippen LogP contribution in [0.2, 0.25) is 5.02 Å². The zero-order chi connectivity index (χ0) is 15.0. The normalized spacial score (nSPS) is 21.6. The number of benzene rings is 1. The van der Waals surface area contributed by atoms with Crippen molar-refractivity contribution in [3.05, 3.63) is 34.9 Å². The highest BCUT2D eigenvalue weighted by Gasteiger charge is 2.38. The van der Waals surface area contributed by atoms with Gasteiger partial charge in [-0.3, -0.25) is 9.69 Å². The SMILES string of the molecule is CC1(C)CN(CC(=O)c2ccc(Cl)cc2)CC(C)(C)O1. The number of carbonyl (C=O) groups is 1. The van der Waals surface area contributed by atoms with E-state index in [4.69, 9.17) is 16.3 Å². The molecule has 0 radical (unpaired) electrons. The van der Waals surface area contributed by atoms with Crippen molar-refractivity contribution in [3.8, 4) is 0 Å². The summed E-state index contributed by atoms with van der Waals surface area (Å²) in [7, 11) is 0. The Hall–Kier alpha value is -0.900. The first-order valence-electron chi connectivity index (χ1n) is 6.88. The predicted molar refractivity (Wildman–Crippen MR) is 81.5 cm³/mol. The van der Waals surface area contributed by atoms with Crippen LogP contribution >= 0.6 is 11.6 Å². The second-order valence-corrected chi connectivity index (χ2v) is 7.13. The van der Waals surface area contributed by atoms with Crippen molar-refractivity contribution < 1.29 is 9.53 Å². The molecule has 0 unspecified atom stereocenters. The number of carbonyl (C=O) groups excluding carboxylic acids is 1. The van der Waals surface area contributed by atoms with E-state index < -0.39 is 0 Å². The van der Waals surface area contributed by atoms with Crippen molar-refractivity contribution in [2.45, 2.75) is 38.9 Å². The molecule has 0 aliphatic carbocycles. The highest BCUT2D eigenvalue weighted by atomic mass is 35.5. The summed E-state index contributed by atoms with van der Waals surface area (Å²) in [4.78, 5) is 14.5. The maximum Gasteiger partial charge on any atom is 0.176 e. The van der Waals surface area contributed by atoms with Gasteiger partial charge < -0.3 is 4.74 Å². The van der Waals surface area contributed by atoms with E-state index in [-0.39, 0.29) is 17.0 Å². The van der Waals surface area contributed by atoms with Gasteiger partial charge in [0.15, 0.2) is 5.78 Å². The van der Waals surface area contributed by atoms with Crippen LogP contribution in [0.15, 0.2) is 24.3 Å². The Bertz CT molecular complexity index is 478. The second-order valence-electron chi connectivity index (χ2n) is 6.70. The lowest BCUT2D eigenvalue weighted by molar-refractivity contribution is -0.178. The summed E-state index contributed by atoms with van der Waals surface area (Å²) in [5.41, 5.74) is 0.237. The number of hydrogen-bond acceptors (Lipinski definition) is 3. The fourth-order valence-corrected chi connectivity index (χ4v) is 3.11. The van der Waals surface area contributed by atoms with Crippen LogP contribution < -0.4 is 0 Å². The van der Waals surface area contributed by atoms with Crippen LogP contribution in [0.3, 0.4) is 0 Å². The van der Waals surface area contributed by atoms with E-state index >= 15 is 0 Å². The van der Waals surface area contributed by atoms with Crippen LogP contribution in [0.1, 0.15) is 38.1 Å². The van der Waals surface area contributed by atoms with Crippen LogP contribution in [0, 0.1) is 0 Å². The average molecular weight is 296 g/mol. The summed E-state index contributed by atoms with van der Waals surface area (Å²) in [6, 6.07) is 7.06. The minimum Gasteiger partial charge on any atom is -0.367 e. The molecule has 0 saturated carbocycles. The summed E-state index contributed by atoms with van der Waals surface area (Å²) in [6.07, 6.45) is 0. The van der Waals surface area contributed by atoms with Crippen molar-refractivity contribution in [2.75, 3.05) is 19.6 Å². The standard InChI is InChI=1S/C16H22ClNO2/c1-15(2)10-18(11-16(3,4)20-15)9-14(19)12-5-7-13(17)8-6-12/h5-8H,9-11H2,1-4H3. The van der Waals surface area contributed by atoms with Gasteiger partial charge in [0.05, 0.1) is 17.7 Å². The monoisotopic (exact) mass is 295 g/mol. The molecule has 1 aromatic carbocycles. The molecule has 20 heavy (non-hydrogen) atoms. The molecule has 1 fully saturated rings. The number of Topliss-reactive ketones (excluding diaryl/α,β-unsaturated/α-hetero) is 1. The second kappa shape index (κ2) is 5.47. The topological polar surface area (TPSA) is 29.5 Å². The largest absolute Gasteiger partial charge is 0.367 e. The molecular formula is C16H22ClNO2. The lowest BCUT2D eigenvalue weighted by Gasteiger charge is -2.47. The molecule has 3 nitrogen and oxygen atoms in total. The predicted octanol–water partition coefficient (Wildman–Crippen LogP) is 3.41. The third kappa shape index (κ3) is 4.05. The molecule has 0 N–H and O–H groups in total. The maximum atomic E-state index is 12.3. The minimum absolute atomic E-state index is 0.121. The van der Waals surface area contributed by atoms with Crippen LogP contribution in [-0.2, 0) is 4.74 Å². The molecule has 4 heteroatoms. The van der Waals surface area contributed by atoms with Crippen LogP contribution in [0.5, 0.6) is 0 Å². The number of hydrogen-bond donors (Lipinski definition) is 0. The van der Waals surface area contributed by atoms with Gasteiger partial charge >= 0.3 is 0 Å². The van der Waals surface area contributed by atoms with E-state index in [2.05, 4.69) is 32.6 Å². The average Bonchev–Trinajstić information content (AvgIpc) is 2.25. The Kier molecular flexibility index (Phi) is 4.24. The molecule has 0 spiro atoms. The van der Waals surface area contributed by atoms with E-state index in [1.807, 2.05) is 0 Å². The molecule has 1 aliphatic heterocycles. The summed E-state index contributed by atoms with van der Waals surface area (Å²) in [5, 5.41) is 0.648. The van der Waals surface area contributed by atoms with Gasteiger partial charge in [0.25, 0.3) is 0 Å². The first-order chi connectivity index (χ1) is 9.17. The molecule has 0 bridgehead atoms. The van der Waals surface area contributed by atoms with Gasteiger partial charge in [0, 0.05) is 23.7 Å². The molecule has 1 aromatic rings. The number of ketones is 1. The van der Waals surface area contributed by atoms with Crippen molar-refractivity contribution >= 4 is 17.4 Å². The van der Waals surface area contributed by atoms with Crippen molar-refractivity contribution in [1.29, 1.82) is 0 Å². The third-order valence-electron chi connectivity index (χ3n) is 3.29. The molecule has 0 aromatic heterocycles.